The fourth-order valence-corrected chi connectivity index (χ4v) is 4.25. The Labute approximate surface area is 122 Å². The molecular weight excluding hydrogens is 252 g/mol. The van der Waals surface area contributed by atoms with Crippen LogP contribution in [0.3, 0.4) is 0 Å². The van der Waals surface area contributed by atoms with Crippen LogP contribution < -0.4 is 0 Å². The molecule has 4 heteroatoms. The smallest absolute Gasteiger partial charge is 0.227 e. The van der Waals surface area contributed by atoms with E-state index in [-0.39, 0.29) is 5.92 Å². The van der Waals surface area contributed by atoms with Crippen LogP contribution in [0.5, 0.6) is 0 Å². The van der Waals surface area contributed by atoms with E-state index in [9.17, 15) is 4.79 Å². The minimum atomic E-state index is 0.261. The molecule has 0 radical (unpaired) electrons. The molecule has 3 fully saturated rings. The number of hydrogen-bond donors (Lipinski definition) is 0. The van der Waals surface area contributed by atoms with Crippen LogP contribution in [-0.4, -0.2) is 61.6 Å². The number of hydrogen-bond acceptors (Lipinski definition) is 3. The van der Waals surface area contributed by atoms with Gasteiger partial charge in [0.05, 0.1) is 12.5 Å². The van der Waals surface area contributed by atoms with Gasteiger partial charge in [-0.25, -0.2) is 0 Å². The second-order valence-corrected chi connectivity index (χ2v) is 6.81. The van der Waals surface area contributed by atoms with Gasteiger partial charge in [-0.1, -0.05) is 12.8 Å². The van der Waals surface area contributed by atoms with Crippen molar-refractivity contribution in [3.63, 3.8) is 0 Å². The van der Waals surface area contributed by atoms with Crippen molar-refractivity contribution in [3.8, 4) is 0 Å². The van der Waals surface area contributed by atoms with E-state index in [0.29, 0.717) is 11.8 Å². The molecule has 2 aliphatic heterocycles. The van der Waals surface area contributed by atoms with Gasteiger partial charge in [-0.15, -0.1) is 0 Å². The van der Waals surface area contributed by atoms with Crippen LogP contribution in [-0.2, 0) is 9.53 Å². The van der Waals surface area contributed by atoms with Crippen molar-refractivity contribution in [2.75, 3.05) is 39.9 Å². The Bertz CT molecular complexity index is 341. The van der Waals surface area contributed by atoms with Crippen LogP contribution in [0.4, 0.5) is 0 Å². The van der Waals surface area contributed by atoms with Crippen LogP contribution in [0.1, 0.15) is 38.5 Å². The Balaban J connectivity index is 1.49. The Hall–Kier alpha value is -0.610. The summed E-state index contributed by atoms with van der Waals surface area (Å²) in [7, 11) is 1.75. The molecule has 0 spiro atoms. The second kappa shape index (κ2) is 6.44. The first-order valence-corrected chi connectivity index (χ1v) is 8.29. The predicted octanol–water partition coefficient (Wildman–Crippen LogP) is 1.75. The summed E-state index contributed by atoms with van der Waals surface area (Å²) in [5, 5.41) is 0. The van der Waals surface area contributed by atoms with Gasteiger partial charge < -0.3 is 9.64 Å². The van der Waals surface area contributed by atoms with E-state index in [1.54, 1.807) is 7.11 Å². The summed E-state index contributed by atoms with van der Waals surface area (Å²) in [4.78, 5) is 17.3. The monoisotopic (exact) mass is 280 g/mol. The van der Waals surface area contributed by atoms with Crippen molar-refractivity contribution in [1.29, 1.82) is 0 Å². The average Bonchev–Trinajstić information content (AvgIpc) is 3.19. The average molecular weight is 280 g/mol. The lowest BCUT2D eigenvalue weighted by molar-refractivity contribution is -0.134. The summed E-state index contributed by atoms with van der Waals surface area (Å²) in [5.74, 6) is 1.22. The van der Waals surface area contributed by atoms with Crippen molar-refractivity contribution in [1.82, 2.24) is 9.80 Å². The number of amides is 1. The van der Waals surface area contributed by atoms with Crippen molar-refractivity contribution < 1.29 is 9.53 Å². The van der Waals surface area contributed by atoms with E-state index < -0.39 is 0 Å². The molecule has 0 aromatic heterocycles. The van der Waals surface area contributed by atoms with Crippen LogP contribution in [0.2, 0.25) is 0 Å². The van der Waals surface area contributed by atoms with E-state index in [1.165, 1.54) is 25.7 Å². The van der Waals surface area contributed by atoms with E-state index in [0.717, 1.165) is 51.7 Å². The molecular formula is C16H28N2O2. The fraction of sp³-hybridized carbons (Fsp3) is 0.938. The molecule has 1 saturated carbocycles. The number of likely N-dealkylation sites (tertiary alicyclic amines) is 2. The summed E-state index contributed by atoms with van der Waals surface area (Å²) in [5.41, 5.74) is 0. The molecule has 4 nitrogen and oxygen atoms in total. The highest BCUT2D eigenvalue weighted by atomic mass is 16.5. The van der Waals surface area contributed by atoms with Gasteiger partial charge in [0.2, 0.25) is 5.91 Å². The van der Waals surface area contributed by atoms with Gasteiger partial charge in [0, 0.05) is 38.7 Å². The molecule has 20 heavy (non-hydrogen) atoms. The van der Waals surface area contributed by atoms with E-state index in [1.807, 2.05) is 0 Å². The zero-order chi connectivity index (χ0) is 13.9. The minimum Gasteiger partial charge on any atom is -0.384 e. The summed E-state index contributed by atoms with van der Waals surface area (Å²) in [6.07, 6.45) is 7.63. The summed E-state index contributed by atoms with van der Waals surface area (Å²) in [6, 6.07) is 0.771. The standard InChI is InChI=1S/C16H28N2O2/c1-20-12-13-6-8-18(10-13)16(19)14-7-9-17(11-14)15-4-2-3-5-15/h13-15H,2-12H2,1H3. The molecule has 0 aromatic carbocycles. The molecule has 0 bridgehead atoms. The zero-order valence-electron chi connectivity index (χ0n) is 12.7. The van der Waals surface area contributed by atoms with Gasteiger partial charge in [0.1, 0.15) is 0 Å². The molecule has 1 amide bonds. The highest BCUT2D eigenvalue weighted by molar-refractivity contribution is 5.79. The Kier molecular flexibility index (Phi) is 4.61. The third-order valence-electron chi connectivity index (χ3n) is 5.41. The van der Waals surface area contributed by atoms with E-state index >= 15 is 0 Å². The Morgan fingerprint density at radius 1 is 1.10 bits per heavy atom. The number of nitrogens with zero attached hydrogens (tertiary/aromatic N) is 2. The highest BCUT2D eigenvalue weighted by Crippen LogP contribution is 2.30. The number of carbonyl (C=O) groups excluding carboxylic acids is 1. The van der Waals surface area contributed by atoms with Crippen LogP contribution in [0, 0.1) is 11.8 Å². The third kappa shape index (κ3) is 3.01. The normalized spacial score (nSPS) is 32.4. The predicted molar refractivity (Wildman–Crippen MR) is 78.5 cm³/mol. The van der Waals surface area contributed by atoms with E-state index in [4.69, 9.17) is 4.74 Å². The largest absolute Gasteiger partial charge is 0.384 e. The number of rotatable bonds is 4. The SMILES string of the molecule is COCC1CCN(C(=O)C2CCN(C3CCCC3)C2)C1. The van der Waals surface area contributed by atoms with Crippen molar-refractivity contribution in [3.05, 3.63) is 0 Å². The quantitative estimate of drug-likeness (QED) is 0.786. The molecule has 2 heterocycles. The molecule has 3 rings (SSSR count). The first-order chi connectivity index (χ1) is 9.78. The summed E-state index contributed by atoms with van der Waals surface area (Å²) < 4.78 is 5.22. The summed E-state index contributed by atoms with van der Waals surface area (Å²) >= 11 is 0. The molecule has 2 atom stereocenters. The Morgan fingerprint density at radius 3 is 2.65 bits per heavy atom. The maximum atomic E-state index is 12.6. The highest BCUT2D eigenvalue weighted by Gasteiger charge is 2.37. The number of ether oxygens (including phenoxy) is 1. The minimum absolute atomic E-state index is 0.261. The molecule has 114 valence electrons. The van der Waals surface area contributed by atoms with Crippen LogP contribution >= 0.6 is 0 Å². The van der Waals surface area contributed by atoms with Crippen LogP contribution in [0.25, 0.3) is 0 Å². The molecule has 0 aromatic rings. The van der Waals surface area contributed by atoms with E-state index in [2.05, 4.69) is 9.80 Å². The third-order valence-corrected chi connectivity index (χ3v) is 5.41. The van der Waals surface area contributed by atoms with Crippen molar-refractivity contribution in [2.24, 2.45) is 11.8 Å². The van der Waals surface area contributed by atoms with Crippen molar-refractivity contribution in [2.45, 2.75) is 44.6 Å². The lowest BCUT2D eigenvalue weighted by Gasteiger charge is -2.24. The topological polar surface area (TPSA) is 32.8 Å². The lowest BCUT2D eigenvalue weighted by Crippen LogP contribution is -2.37. The lowest BCUT2D eigenvalue weighted by atomic mass is 10.1. The number of carbonyl (C=O) groups is 1. The maximum Gasteiger partial charge on any atom is 0.227 e. The second-order valence-electron chi connectivity index (χ2n) is 6.81. The molecule has 2 saturated heterocycles. The molecule has 2 unspecified atom stereocenters. The van der Waals surface area contributed by atoms with Crippen molar-refractivity contribution >= 4 is 5.91 Å². The summed E-state index contributed by atoms with van der Waals surface area (Å²) in [6.45, 7) is 4.79. The van der Waals surface area contributed by atoms with Gasteiger partial charge >= 0.3 is 0 Å². The first kappa shape index (κ1) is 14.3. The van der Waals surface area contributed by atoms with Gasteiger partial charge in [0.25, 0.3) is 0 Å². The van der Waals surface area contributed by atoms with Gasteiger partial charge in [0.15, 0.2) is 0 Å². The molecule has 3 aliphatic rings. The zero-order valence-corrected chi connectivity index (χ0v) is 12.7. The van der Waals surface area contributed by atoms with Gasteiger partial charge in [-0.2, -0.15) is 0 Å². The van der Waals surface area contributed by atoms with Crippen LogP contribution in [0.15, 0.2) is 0 Å². The van der Waals surface area contributed by atoms with Gasteiger partial charge in [-0.05, 0) is 32.2 Å². The molecule has 0 N–H and O–H groups in total. The fourth-order valence-electron chi connectivity index (χ4n) is 4.25. The Morgan fingerprint density at radius 2 is 1.90 bits per heavy atom. The molecule has 1 aliphatic carbocycles. The number of methoxy groups -OCH3 is 1. The maximum absolute atomic E-state index is 12.6. The van der Waals surface area contributed by atoms with Gasteiger partial charge in [-0.3, -0.25) is 9.69 Å². The first-order valence-electron chi connectivity index (χ1n) is 8.29.